The number of ketones is 2. The van der Waals surface area contributed by atoms with E-state index < -0.39 is 59.9 Å². The van der Waals surface area contributed by atoms with E-state index in [2.05, 4.69) is 0 Å². The largest absolute Gasteiger partial charge is 0.466 e. The van der Waals surface area contributed by atoms with Gasteiger partial charge in [-0.3, -0.25) is 24.0 Å². The molecule has 0 aliphatic heterocycles. The van der Waals surface area contributed by atoms with E-state index >= 15 is 0 Å². The molecular weight excluding hydrogens is 428 g/mol. The van der Waals surface area contributed by atoms with Gasteiger partial charge in [-0.2, -0.15) is 0 Å². The fourth-order valence-electron chi connectivity index (χ4n) is 2.74. The molecule has 1 aromatic carbocycles. The molecule has 9 heteroatoms. The van der Waals surface area contributed by atoms with Crippen molar-refractivity contribution < 1.29 is 38.2 Å². The fourth-order valence-corrected chi connectivity index (χ4v) is 2.93. The Morgan fingerprint density at radius 1 is 1.03 bits per heavy atom. The summed E-state index contributed by atoms with van der Waals surface area (Å²) < 4.78 is 15.0. The minimum Gasteiger partial charge on any atom is -0.466 e. The van der Waals surface area contributed by atoms with Gasteiger partial charge in [0, 0.05) is 23.9 Å². The standard InChI is InChI=1S/C22H27ClO8/c1-6-29-18(26)10-11-22(17(25)13-30-14(2)24,20(28)31-21(3,4)5)19(27)15-8-7-9-16(23)12-15/h7-9,12H,6,10-11,13H2,1-5H3. The van der Waals surface area contributed by atoms with E-state index in [1.807, 2.05) is 0 Å². The quantitative estimate of drug-likeness (QED) is 0.229. The SMILES string of the molecule is CCOC(=O)CCC(C(=O)COC(C)=O)(C(=O)OC(C)(C)C)C(=O)c1cccc(Cl)c1. The molecule has 0 radical (unpaired) electrons. The fraction of sp³-hybridized carbons (Fsp3) is 0.500. The molecule has 0 saturated carbocycles. The van der Waals surface area contributed by atoms with E-state index in [0.717, 1.165) is 6.92 Å². The second kappa shape index (κ2) is 11.0. The molecule has 1 aromatic rings. The molecule has 0 amide bonds. The first kappa shape index (κ1) is 26.3. The number of rotatable bonds is 10. The highest BCUT2D eigenvalue weighted by atomic mass is 35.5. The van der Waals surface area contributed by atoms with Gasteiger partial charge in [-0.05, 0) is 46.2 Å². The number of hydrogen-bond donors (Lipinski definition) is 0. The van der Waals surface area contributed by atoms with Gasteiger partial charge in [0.25, 0.3) is 0 Å². The third-order valence-corrected chi connectivity index (χ3v) is 4.35. The lowest BCUT2D eigenvalue weighted by molar-refractivity contribution is -0.170. The van der Waals surface area contributed by atoms with Crippen LogP contribution in [0.3, 0.4) is 0 Å². The zero-order valence-electron chi connectivity index (χ0n) is 18.3. The van der Waals surface area contributed by atoms with Crippen molar-refractivity contribution in [3.8, 4) is 0 Å². The average molecular weight is 455 g/mol. The van der Waals surface area contributed by atoms with E-state index in [-0.39, 0.29) is 17.2 Å². The van der Waals surface area contributed by atoms with Crippen molar-refractivity contribution in [3.63, 3.8) is 0 Å². The molecule has 0 aromatic heterocycles. The Hall–Kier alpha value is -2.74. The van der Waals surface area contributed by atoms with E-state index in [1.165, 1.54) is 24.3 Å². The van der Waals surface area contributed by atoms with Crippen molar-refractivity contribution in [2.24, 2.45) is 5.41 Å². The van der Waals surface area contributed by atoms with Gasteiger partial charge in [-0.25, -0.2) is 0 Å². The van der Waals surface area contributed by atoms with Crippen LogP contribution in [-0.4, -0.2) is 48.3 Å². The molecule has 0 heterocycles. The lowest BCUT2D eigenvalue weighted by Crippen LogP contribution is -2.51. The first-order chi connectivity index (χ1) is 14.3. The molecule has 0 aliphatic rings. The summed E-state index contributed by atoms with van der Waals surface area (Å²) in [7, 11) is 0. The molecule has 1 atom stereocenters. The van der Waals surface area contributed by atoms with Gasteiger partial charge in [0.05, 0.1) is 6.61 Å². The molecule has 0 saturated heterocycles. The number of Topliss-reactive ketones (excluding diaryl/α,β-unsaturated/α-hetero) is 2. The monoisotopic (exact) mass is 454 g/mol. The molecule has 0 N–H and O–H groups in total. The van der Waals surface area contributed by atoms with Crippen molar-refractivity contribution in [3.05, 3.63) is 34.9 Å². The molecule has 31 heavy (non-hydrogen) atoms. The van der Waals surface area contributed by atoms with E-state index in [1.54, 1.807) is 27.7 Å². The Labute approximate surface area is 186 Å². The predicted octanol–water partition coefficient (Wildman–Crippen LogP) is 3.33. The first-order valence-corrected chi connectivity index (χ1v) is 10.1. The Balaban J connectivity index is 3.57. The van der Waals surface area contributed by atoms with E-state index in [0.29, 0.717) is 0 Å². The maximum Gasteiger partial charge on any atom is 0.328 e. The minimum absolute atomic E-state index is 0.0293. The van der Waals surface area contributed by atoms with Crippen LogP contribution >= 0.6 is 11.6 Å². The van der Waals surface area contributed by atoms with Crippen molar-refractivity contribution >= 4 is 41.1 Å². The second-order valence-electron chi connectivity index (χ2n) is 7.76. The van der Waals surface area contributed by atoms with Crippen LogP contribution in [0, 0.1) is 5.41 Å². The summed E-state index contributed by atoms with van der Waals surface area (Å²) >= 11 is 5.98. The zero-order valence-corrected chi connectivity index (χ0v) is 19.0. The van der Waals surface area contributed by atoms with Gasteiger partial charge in [-0.1, -0.05) is 23.7 Å². The smallest absolute Gasteiger partial charge is 0.328 e. The number of carbonyl (C=O) groups is 5. The van der Waals surface area contributed by atoms with Crippen LogP contribution in [0.4, 0.5) is 0 Å². The molecular formula is C22H27ClO8. The lowest BCUT2D eigenvalue weighted by atomic mass is 9.73. The summed E-state index contributed by atoms with van der Waals surface area (Å²) in [5.41, 5.74) is -3.50. The summed E-state index contributed by atoms with van der Waals surface area (Å²) in [6, 6.07) is 5.69. The third-order valence-electron chi connectivity index (χ3n) is 4.11. The maximum atomic E-state index is 13.5. The molecule has 0 bridgehead atoms. The number of esters is 3. The van der Waals surface area contributed by atoms with Crippen LogP contribution in [0.5, 0.6) is 0 Å². The summed E-state index contributed by atoms with van der Waals surface area (Å²) in [5.74, 6) is -4.54. The Morgan fingerprint density at radius 3 is 2.19 bits per heavy atom. The third kappa shape index (κ3) is 7.47. The van der Waals surface area contributed by atoms with Gasteiger partial charge in [0.2, 0.25) is 0 Å². The number of hydrogen-bond acceptors (Lipinski definition) is 8. The number of carbonyl (C=O) groups excluding carboxylic acids is 5. The summed E-state index contributed by atoms with van der Waals surface area (Å²) in [4.78, 5) is 63.2. The second-order valence-corrected chi connectivity index (χ2v) is 8.19. The molecule has 0 aliphatic carbocycles. The highest BCUT2D eigenvalue weighted by Crippen LogP contribution is 2.35. The highest BCUT2D eigenvalue weighted by Gasteiger charge is 2.55. The molecule has 8 nitrogen and oxygen atoms in total. The highest BCUT2D eigenvalue weighted by molar-refractivity contribution is 6.32. The van der Waals surface area contributed by atoms with Crippen LogP contribution in [-0.2, 0) is 33.4 Å². The zero-order chi connectivity index (χ0) is 23.8. The van der Waals surface area contributed by atoms with Crippen LogP contribution in [0.2, 0.25) is 5.02 Å². The maximum absolute atomic E-state index is 13.5. The molecule has 1 rings (SSSR count). The van der Waals surface area contributed by atoms with Crippen molar-refractivity contribution in [1.29, 1.82) is 0 Å². The number of ether oxygens (including phenoxy) is 3. The average Bonchev–Trinajstić information content (AvgIpc) is 2.65. The Bertz CT molecular complexity index is 855. The van der Waals surface area contributed by atoms with Gasteiger partial charge >= 0.3 is 17.9 Å². The number of benzene rings is 1. The van der Waals surface area contributed by atoms with Crippen LogP contribution in [0.15, 0.2) is 24.3 Å². The lowest BCUT2D eigenvalue weighted by Gasteiger charge is -2.32. The van der Waals surface area contributed by atoms with Gasteiger partial charge in [0.15, 0.2) is 23.6 Å². The number of halogens is 1. The van der Waals surface area contributed by atoms with Gasteiger partial charge in [-0.15, -0.1) is 0 Å². The van der Waals surface area contributed by atoms with E-state index in [4.69, 9.17) is 25.8 Å². The topological polar surface area (TPSA) is 113 Å². The van der Waals surface area contributed by atoms with Crippen molar-refractivity contribution in [2.75, 3.05) is 13.2 Å². The molecule has 170 valence electrons. The van der Waals surface area contributed by atoms with Crippen LogP contribution < -0.4 is 0 Å². The molecule has 0 fully saturated rings. The Morgan fingerprint density at radius 2 is 1.68 bits per heavy atom. The van der Waals surface area contributed by atoms with Crippen molar-refractivity contribution in [1.82, 2.24) is 0 Å². The first-order valence-electron chi connectivity index (χ1n) is 9.69. The summed E-state index contributed by atoms with van der Waals surface area (Å²) in [6.45, 7) is 6.64. The van der Waals surface area contributed by atoms with Gasteiger partial charge in [0.1, 0.15) is 5.60 Å². The van der Waals surface area contributed by atoms with E-state index in [9.17, 15) is 24.0 Å². The normalized spacial score (nSPS) is 13.0. The minimum atomic E-state index is -2.43. The summed E-state index contributed by atoms with van der Waals surface area (Å²) in [6.07, 6.45) is -0.933. The van der Waals surface area contributed by atoms with Crippen molar-refractivity contribution in [2.45, 2.75) is 53.1 Å². The molecule has 1 unspecified atom stereocenters. The molecule has 0 spiro atoms. The summed E-state index contributed by atoms with van der Waals surface area (Å²) in [5, 5.41) is 0.210. The van der Waals surface area contributed by atoms with Crippen LogP contribution in [0.1, 0.15) is 57.8 Å². The van der Waals surface area contributed by atoms with Gasteiger partial charge < -0.3 is 14.2 Å². The Kier molecular flexibility index (Phi) is 9.37. The van der Waals surface area contributed by atoms with Crippen LogP contribution in [0.25, 0.3) is 0 Å². The predicted molar refractivity (Wildman–Crippen MR) is 112 cm³/mol.